The molecule has 1 aliphatic rings. The third-order valence-electron chi connectivity index (χ3n) is 6.18. The molecule has 9 nitrogen and oxygen atoms in total. The van der Waals surface area contributed by atoms with Crippen LogP contribution >= 0.6 is 0 Å². The van der Waals surface area contributed by atoms with Crippen LogP contribution in [0.1, 0.15) is 55.0 Å². The minimum absolute atomic E-state index is 0.0827. The summed E-state index contributed by atoms with van der Waals surface area (Å²) in [5.41, 5.74) is 4.35. The number of rotatable bonds is 7. The average Bonchev–Trinajstić information content (AvgIpc) is 3.52. The molecule has 0 spiro atoms. The molecule has 172 valence electrons. The van der Waals surface area contributed by atoms with Gasteiger partial charge >= 0.3 is 0 Å². The Labute approximate surface area is 193 Å². The SMILES string of the molecule is Cc1c(C#N)c(NC(=O)Cn2nnc(-c3ccc(C(C)C)cc3)n2)n(C[C@H]2CCCO2)c1C. The summed E-state index contributed by atoms with van der Waals surface area (Å²) in [6.45, 7) is 9.37. The number of benzene rings is 1. The fourth-order valence-electron chi connectivity index (χ4n) is 4.09. The van der Waals surface area contributed by atoms with Crippen molar-refractivity contribution in [2.75, 3.05) is 11.9 Å². The molecule has 9 heteroatoms. The number of nitrogens with one attached hydrogen (secondary N) is 1. The van der Waals surface area contributed by atoms with Gasteiger partial charge in [0.1, 0.15) is 18.4 Å². The molecule has 33 heavy (non-hydrogen) atoms. The molecule has 0 aliphatic carbocycles. The fourth-order valence-corrected chi connectivity index (χ4v) is 4.09. The standard InChI is InChI=1S/C24H29N7O2/c1-15(2)18-7-9-19(10-8-18)23-27-29-31(28-23)14-22(32)26-24-21(12-25)16(3)17(4)30(24)13-20-6-5-11-33-20/h7-10,15,20H,5-6,11,13-14H2,1-4H3,(H,26,32)/t20-/m1/s1. The lowest BCUT2D eigenvalue weighted by Crippen LogP contribution is -2.24. The van der Waals surface area contributed by atoms with Crippen molar-refractivity contribution < 1.29 is 9.53 Å². The van der Waals surface area contributed by atoms with Crippen molar-refractivity contribution in [3.05, 3.63) is 46.6 Å². The maximum atomic E-state index is 12.8. The van der Waals surface area contributed by atoms with E-state index in [9.17, 15) is 10.1 Å². The average molecular weight is 448 g/mol. The number of hydrogen-bond acceptors (Lipinski definition) is 6. The van der Waals surface area contributed by atoms with Crippen LogP contribution in [0.4, 0.5) is 5.82 Å². The number of nitrogens with zero attached hydrogens (tertiary/aromatic N) is 6. The first kappa shape index (κ1) is 22.7. The molecule has 0 saturated carbocycles. The van der Waals surface area contributed by atoms with Crippen LogP contribution in [-0.2, 0) is 22.6 Å². The summed E-state index contributed by atoms with van der Waals surface area (Å²) in [6, 6.07) is 10.2. The summed E-state index contributed by atoms with van der Waals surface area (Å²) in [7, 11) is 0. The van der Waals surface area contributed by atoms with Crippen LogP contribution in [0, 0.1) is 25.2 Å². The molecule has 1 N–H and O–H groups in total. The number of carbonyl (C=O) groups is 1. The molecular weight excluding hydrogens is 418 g/mol. The molecular formula is C24H29N7O2. The van der Waals surface area contributed by atoms with Crippen LogP contribution in [-0.4, -0.2) is 43.4 Å². The molecule has 1 aromatic carbocycles. The smallest absolute Gasteiger partial charge is 0.249 e. The molecule has 1 saturated heterocycles. The first-order valence-corrected chi connectivity index (χ1v) is 11.3. The van der Waals surface area contributed by atoms with Crippen molar-refractivity contribution in [1.29, 1.82) is 5.26 Å². The van der Waals surface area contributed by atoms with Crippen molar-refractivity contribution in [3.8, 4) is 17.5 Å². The van der Waals surface area contributed by atoms with Gasteiger partial charge in [-0.2, -0.15) is 10.1 Å². The van der Waals surface area contributed by atoms with E-state index < -0.39 is 0 Å². The largest absolute Gasteiger partial charge is 0.376 e. The maximum absolute atomic E-state index is 12.8. The Morgan fingerprint density at radius 2 is 2.06 bits per heavy atom. The Bertz CT molecular complexity index is 1180. The summed E-state index contributed by atoms with van der Waals surface area (Å²) in [6.07, 6.45) is 2.08. The lowest BCUT2D eigenvalue weighted by molar-refractivity contribution is -0.117. The van der Waals surface area contributed by atoms with Gasteiger partial charge in [-0.1, -0.05) is 38.1 Å². The second kappa shape index (κ2) is 9.55. The van der Waals surface area contributed by atoms with Gasteiger partial charge in [-0.3, -0.25) is 4.79 Å². The third-order valence-corrected chi connectivity index (χ3v) is 6.18. The number of amides is 1. The lowest BCUT2D eigenvalue weighted by atomic mass is 10.0. The van der Waals surface area contributed by atoms with Crippen LogP contribution < -0.4 is 5.32 Å². The van der Waals surface area contributed by atoms with Crippen molar-refractivity contribution >= 4 is 11.7 Å². The van der Waals surface area contributed by atoms with E-state index in [1.54, 1.807) is 0 Å². The zero-order chi connectivity index (χ0) is 23.5. The predicted molar refractivity (Wildman–Crippen MR) is 124 cm³/mol. The molecule has 1 aliphatic heterocycles. The van der Waals surface area contributed by atoms with E-state index >= 15 is 0 Å². The van der Waals surface area contributed by atoms with Crippen LogP contribution in [0.25, 0.3) is 11.4 Å². The van der Waals surface area contributed by atoms with Gasteiger partial charge in [0.05, 0.1) is 18.2 Å². The van der Waals surface area contributed by atoms with E-state index in [1.165, 1.54) is 10.4 Å². The number of ether oxygens (including phenoxy) is 1. The lowest BCUT2D eigenvalue weighted by Gasteiger charge is -2.16. The van der Waals surface area contributed by atoms with Gasteiger partial charge in [0.25, 0.3) is 0 Å². The minimum Gasteiger partial charge on any atom is -0.376 e. The molecule has 0 unspecified atom stereocenters. The van der Waals surface area contributed by atoms with E-state index in [2.05, 4.69) is 40.6 Å². The highest BCUT2D eigenvalue weighted by Crippen LogP contribution is 2.28. The van der Waals surface area contributed by atoms with Gasteiger partial charge in [0, 0.05) is 17.9 Å². The predicted octanol–water partition coefficient (Wildman–Crippen LogP) is 3.57. The third kappa shape index (κ3) is 4.81. The second-order valence-corrected chi connectivity index (χ2v) is 8.76. The van der Waals surface area contributed by atoms with Gasteiger partial charge in [0.15, 0.2) is 0 Å². The Balaban J connectivity index is 1.49. The van der Waals surface area contributed by atoms with Gasteiger partial charge < -0.3 is 14.6 Å². The van der Waals surface area contributed by atoms with Crippen molar-refractivity contribution in [2.45, 2.75) is 65.6 Å². The number of tetrazole rings is 1. The monoisotopic (exact) mass is 447 g/mol. The second-order valence-electron chi connectivity index (χ2n) is 8.76. The molecule has 3 aromatic rings. The van der Waals surface area contributed by atoms with Crippen molar-refractivity contribution in [1.82, 2.24) is 24.8 Å². The highest BCUT2D eigenvalue weighted by molar-refractivity contribution is 5.91. The van der Waals surface area contributed by atoms with E-state index in [0.29, 0.717) is 29.7 Å². The first-order valence-electron chi connectivity index (χ1n) is 11.3. The number of carbonyl (C=O) groups excluding carboxylic acids is 1. The van der Waals surface area contributed by atoms with Gasteiger partial charge in [0.2, 0.25) is 11.7 Å². The van der Waals surface area contributed by atoms with Crippen LogP contribution in [0.3, 0.4) is 0 Å². The summed E-state index contributed by atoms with van der Waals surface area (Å²) < 4.78 is 7.74. The van der Waals surface area contributed by atoms with Gasteiger partial charge in [-0.25, -0.2) is 0 Å². The molecule has 2 aromatic heterocycles. The quantitative estimate of drug-likeness (QED) is 0.593. The summed E-state index contributed by atoms with van der Waals surface area (Å²) in [5.74, 6) is 1.08. The first-order chi connectivity index (χ1) is 15.9. The molecule has 4 rings (SSSR count). The van der Waals surface area contributed by atoms with Crippen molar-refractivity contribution in [2.24, 2.45) is 0 Å². The van der Waals surface area contributed by atoms with Gasteiger partial charge in [-0.05, 0) is 48.9 Å². The van der Waals surface area contributed by atoms with E-state index in [1.807, 2.05) is 42.7 Å². The minimum atomic E-state index is -0.323. The fraction of sp³-hybridized carbons (Fsp3) is 0.458. The summed E-state index contributed by atoms with van der Waals surface area (Å²) in [5, 5.41) is 25.1. The zero-order valence-corrected chi connectivity index (χ0v) is 19.5. The topological polar surface area (TPSA) is 111 Å². The normalized spacial score (nSPS) is 15.7. The number of anilines is 1. The highest BCUT2D eigenvalue weighted by Gasteiger charge is 2.24. The van der Waals surface area contributed by atoms with Gasteiger partial charge in [-0.15, -0.1) is 10.2 Å². The van der Waals surface area contributed by atoms with Crippen molar-refractivity contribution in [3.63, 3.8) is 0 Å². The Kier molecular flexibility index (Phi) is 6.56. The van der Waals surface area contributed by atoms with Crippen LogP contribution in [0.5, 0.6) is 0 Å². The molecule has 3 heterocycles. The molecule has 1 atom stereocenters. The van der Waals surface area contributed by atoms with Crippen LogP contribution in [0.15, 0.2) is 24.3 Å². The Morgan fingerprint density at radius 3 is 2.70 bits per heavy atom. The molecule has 0 radical (unpaired) electrons. The summed E-state index contributed by atoms with van der Waals surface area (Å²) >= 11 is 0. The number of hydrogen-bond donors (Lipinski definition) is 1. The van der Waals surface area contributed by atoms with E-state index in [4.69, 9.17) is 4.74 Å². The van der Waals surface area contributed by atoms with E-state index in [0.717, 1.165) is 36.3 Å². The molecule has 1 fully saturated rings. The number of aromatic nitrogens is 5. The van der Waals surface area contributed by atoms with E-state index in [-0.39, 0.29) is 18.6 Å². The molecule has 1 amide bonds. The zero-order valence-electron chi connectivity index (χ0n) is 19.5. The van der Waals surface area contributed by atoms with Crippen LogP contribution in [0.2, 0.25) is 0 Å². The highest BCUT2D eigenvalue weighted by atomic mass is 16.5. The Hall–Kier alpha value is -3.51. The summed E-state index contributed by atoms with van der Waals surface area (Å²) in [4.78, 5) is 14.1. The number of nitriles is 1. The Morgan fingerprint density at radius 1 is 1.30 bits per heavy atom. The molecule has 0 bridgehead atoms. The maximum Gasteiger partial charge on any atom is 0.249 e.